The molecule has 0 aromatic heterocycles. The van der Waals surface area contributed by atoms with Crippen molar-refractivity contribution in [3.8, 4) is 11.5 Å². The van der Waals surface area contributed by atoms with E-state index in [1.165, 1.54) is 19.2 Å². The van der Waals surface area contributed by atoms with Crippen molar-refractivity contribution in [1.82, 2.24) is 0 Å². The van der Waals surface area contributed by atoms with Crippen molar-refractivity contribution >= 4 is 22.1 Å². The Labute approximate surface area is 184 Å². The van der Waals surface area contributed by atoms with E-state index in [4.69, 9.17) is 19.3 Å². The maximum absolute atomic E-state index is 12.5. The van der Waals surface area contributed by atoms with Gasteiger partial charge in [0.15, 0.2) is 11.5 Å². The second-order valence-electron chi connectivity index (χ2n) is 6.01. The summed E-state index contributed by atoms with van der Waals surface area (Å²) >= 11 is 0. The number of carbonyl (C=O) groups excluding carboxylic acids is 1. The average Bonchev–Trinajstić information content (AvgIpc) is 2.70. The summed E-state index contributed by atoms with van der Waals surface area (Å²) in [5.74, 6) is -1.95. The number of methoxy groups -OCH3 is 1. The lowest BCUT2D eigenvalue weighted by Gasteiger charge is -2.15. The first-order valence-electron chi connectivity index (χ1n) is 9.50. The van der Waals surface area contributed by atoms with E-state index in [9.17, 15) is 31.2 Å². The van der Waals surface area contributed by atoms with E-state index in [-0.39, 0.29) is 38.2 Å². The van der Waals surface area contributed by atoms with Gasteiger partial charge in [-0.3, -0.25) is 9.59 Å². The Morgan fingerprint density at radius 2 is 1.72 bits per heavy atom. The van der Waals surface area contributed by atoms with E-state index < -0.39 is 33.3 Å². The smallest absolute Gasteiger partial charge is 0.490 e. The molecule has 0 aliphatic rings. The number of aryl methyl sites for hydroxylation is 1. The van der Waals surface area contributed by atoms with Crippen LogP contribution in [0.4, 0.5) is 13.2 Å². The molecular formula is C19H27F3O9S. The molecule has 1 aromatic rings. The van der Waals surface area contributed by atoms with Crippen LogP contribution < -0.4 is 8.92 Å². The van der Waals surface area contributed by atoms with Crippen molar-refractivity contribution < 1.29 is 54.7 Å². The molecule has 0 unspecified atom stereocenters. The first-order valence-corrected chi connectivity index (χ1v) is 10.9. The third-order valence-electron chi connectivity index (χ3n) is 3.47. The summed E-state index contributed by atoms with van der Waals surface area (Å²) < 4.78 is 79.3. The molecule has 0 aliphatic carbocycles. The highest BCUT2D eigenvalue weighted by molar-refractivity contribution is 7.88. The molecule has 0 atom stereocenters. The zero-order valence-corrected chi connectivity index (χ0v) is 18.8. The molecule has 9 nitrogen and oxygen atoms in total. The lowest BCUT2D eigenvalue weighted by atomic mass is 10.1. The molecule has 1 rings (SSSR count). The predicted octanol–water partition coefficient (Wildman–Crippen LogP) is 3.31. The molecule has 32 heavy (non-hydrogen) atoms. The van der Waals surface area contributed by atoms with Gasteiger partial charge >= 0.3 is 27.6 Å². The highest BCUT2D eigenvalue weighted by Crippen LogP contribution is 2.34. The molecule has 0 aliphatic heterocycles. The second kappa shape index (κ2) is 14.5. The molecule has 13 heteroatoms. The summed E-state index contributed by atoms with van der Waals surface area (Å²) in [6.45, 7) is 3.91. The fourth-order valence-electron chi connectivity index (χ4n) is 1.92. The number of alkyl halides is 3. The maximum atomic E-state index is 12.5. The summed E-state index contributed by atoms with van der Waals surface area (Å²) in [6.07, 6.45) is 0.937. The molecule has 0 amide bonds. The normalized spacial score (nSPS) is 11.2. The molecular weight excluding hydrogens is 461 g/mol. The molecule has 1 N–H and O–H groups in total. The summed E-state index contributed by atoms with van der Waals surface area (Å²) in [7, 11) is -4.36. The Morgan fingerprint density at radius 3 is 2.22 bits per heavy atom. The number of halogens is 3. The number of hydrogen-bond donors (Lipinski definition) is 1. The Bertz CT molecular complexity index is 824. The highest BCUT2D eigenvalue weighted by Gasteiger charge is 2.49. The van der Waals surface area contributed by atoms with Gasteiger partial charge < -0.3 is 23.5 Å². The van der Waals surface area contributed by atoms with E-state index in [1.807, 2.05) is 0 Å². The molecule has 0 bridgehead atoms. The van der Waals surface area contributed by atoms with Crippen molar-refractivity contribution in [3.63, 3.8) is 0 Å². The van der Waals surface area contributed by atoms with Crippen molar-refractivity contribution in [2.75, 3.05) is 26.9 Å². The number of carboxylic acids is 1. The van der Waals surface area contributed by atoms with Crippen molar-refractivity contribution in [1.29, 1.82) is 0 Å². The lowest BCUT2D eigenvalue weighted by Crippen LogP contribution is -2.28. The van der Waals surface area contributed by atoms with Gasteiger partial charge in [0.05, 0.1) is 13.2 Å². The summed E-state index contributed by atoms with van der Waals surface area (Å²) in [5.41, 5.74) is -5.02. The minimum absolute atomic E-state index is 0.0536. The summed E-state index contributed by atoms with van der Waals surface area (Å²) in [5, 5.41) is 7.72. The van der Waals surface area contributed by atoms with Gasteiger partial charge in [0.25, 0.3) is 0 Å². The van der Waals surface area contributed by atoms with E-state index in [2.05, 4.69) is 4.18 Å². The van der Waals surface area contributed by atoms with Crippen LogP contribution in [-0.2, 0) is 35.6 Å². The SMILES string of the molecule is CCC(=O)O.CCOC(=O)CCc1ccc(OS(=O)(=O)C(F)(F)F)c(OCCCOC)c1. The molecule has 184 valence electrons. The summed E-state index contributed by atoms with van der Waals surface area (Å²) in [6, 6.07) is 3.73. The maximum Gasteiger partial charge on any atom is 0.534 e. The Kier molecular flexibility index (Phi) is 13.4. The van der Waals surface area contributed by atoms with Crippen LogP contribution in [0.25, 0.3) is 0 Å². The molecule has 0 fully saturated rings. The quantitative estimate of drug-likeness (QED) is 0.204. The number of rotatable bonds is 12. The van der Waals surface area contributed by atoms with Crippen LogP contribution in [0.3, 0.4) is 0 Å². The van der Waals surface area contributed by atoms with Gasteiger partial charge in [0, 0.05) is 33.0 Å². The molecule has 1 aromatic carbocycles. The van der Waals surface area contributed by atoms with E-state index in [1.54, 1.807) is 13.8 Å². The number of carboxylic acid groups (broad SMARTS) is 1. The number of carbonyl (C=O) groups is 2. The van der Waals surface area contributed by atoms with Crippen molar-refractivity contribution in [3.05, 3.63) is 23.8 Å². The Hall–Kier alpha value is -2.54. The van der Waals surface area contributed by atoms with E-state index in [0.717, 1.165) is 6.07 Å². The van der Waals surface area contributed by atoms with Crippen LogP contribution in [0.15, 0.2) is 18.2 Å². The minimum Gasteiger partial charge on any atom is -0.490 e. The van der Waals surface area contributed by atoms with Gasteiger partial charge in [-0.1, -0.05) is 13.0 Å². The van der Waals surface area contributed by atoms with Gasteiger partial charge in [0.1, 0.15) is 0 Å². The number of esters is 1. The number of hydrogen-bond acceptors (Lipinski definition) is 8. The highest BCUT2D eigenvalue weighted by atomic mass is 32.2. The fraction of sp³-hybridized carbons (Fsp3) is 0.579. The zero-order chi connectivity index (χ0) is 24.8. The van der Waals surface area contributed by atoms with Gasteiger partial charge in [-0.05, 0) is 31.0 Å². The van der Waals surface area contributed by atoms with Gasteiger partial charge in [-0.25, -0.2) is 0 Å². The largest absolute Gasteiger partial charge is 0.534 e. The number of benzene rings is 1. The van der Waals surface area contributed by atoms with E-state index >= 15 is 0 Å². The first kappa shape index (κ1) is 29.5. The second-order valence-corrected chi connectivity index (χ2v) is 7.55. The standard InChI is InChI=1S/C16H21F3O7S.C3H6O2/c1-3-24-15(20)8-6-12-5-7-13(26-27(21,22)16(17,18)19)14(11-12)25-10-4-9-23-2;1-2-3(4)5/h5,7,11H,3-4,6,8-10H2,1-2H3;2H2,1H3,(H,4,5). The molecule has 0 saturated carbocycles. The van der Waals surface area contributed by atoms with Crippen LogP contribution in [0.5, 0.6) is 11.5 Å². The monoisotopic (exact) mass is 488 g/mol. The Morgan fingerprint density at radius 1 is 1.09 bits per heavy atom. The molecule has 0 spiro atoms. The van der Waals surface area contributed by atoms with Crippen LogP contribution in [-0.4, -0.2) is 57.9 Å². The molecule has 0 saturated heterocycles. The summed E-state index contributed by atoms with van der Waals surface area (Å²) in [4.78, 5) is 20.8. The minimum atomic E-state index is -5.83. The topological polar surface area (TPSA) is 125 Å². The van der Waals surface area contributed by atoms with Crippen LogP contribution in [0, 0.1) is 0 Å². The molecule has 0 heterocycles. The average molecular weight is 488 g/mol. The van der Waals surface area contributed by atoms with Gasteiger partial charge in [-0.2, -0.15) is 21.6 Å². The van der Waals surface area contributed by atoms with Crippen molar-refractivity contribution in [2.24, 2.45) is 0 Å². The third-order valence-corrected chi connectivity index (χ3v) is 4.43. The van der Waals surface area contributed by atoms with Crippen molar-refractivity contribution in [2.45, 2.75) is 45.0 Å². The van der Waals surface area contributed by atoms with Crippen LogP contribution in [0.2, 0.25) is 0 Å². The fourth-order valence-corrected chi connectivity index (χ4v) is 2.39. The van der Waals surface area contributed by atoms with E-state index in [0.29, 0.717) is 18.6 Å². The predicted molar refractivity (Wildman–Crippen MR) is 107 cm³/mol. The first-order chi connectivity index (χ1) is 14.9. The number of aliphatic carboxylic acids is 1. The molecule has 0 radical (unpaired) electrons. The van der Waals surface area contributed by atoms with Crippen LogP contribution >= 0.6 is 0 Å². The lowest BCUT2D eigenvalue weighted by molar-refractivity contribution is -0.143. The third kappa shape index (κ3) is 11.7. The van der Waals surface area contributed by atoms with Gasteiger partial charge in [-0.15, -0.1) is 0 Å². The number of ether oxygens (including phenoxy) is 3. The van der Waals surface area contributed by atoms with Gasteiger partial charge in [0.2, 0.25) is 0 Å². The van der Waals surface area contributed by atoms with Crippen LogP contribution in [0.1, 0.15) is 38.7 Å². The Balaban J connectivity index is 0.00000172. The zero-order valence-electron chi connectivity index (χ0n) is 17.9.